The van der Waals surface area contributed by atoms with Crippen LogP contribution >= 0.6 is 0 Å². The summed E-state index contributed by atoms with van der Waals surface area (Å²) in [4.78, 5) is 13.7. The first kappa shape index (κ1) is 24.4. The molecule has 3 aromatic carbocycles. The SMILES string of the molecule is CC(C)(c1cc(F)cc(F)c1)n1ncc(-c2ccc(S(N)(=O)=O)cc2)c(-c2ccc(F)cc2)c1=O. The van der Waals surface area contributed by atoms with Gasteiger partial charge in [-0.3, -0.25) is 4.79 Å². The molecule has 0 radical (unpaired) electrons. The van der Waals surface area contributed by atoms with Crippen molar-refractivity contribution in [2.45, 2.75) is 24.3 Å². The highest BCUT2D eigenvalue weighted by atomic mass is 32.2. The number of primary sulfonamides is 1. The van der Waals surface area contributed by atoms with Crippen molar-refractivity contribution in [3.05, 3.63) is 106 Å². The average molecular weight is 500 g/mol. The van der Waals surface area contributed by atoms with Gasteiger partial charge in [0.1, 0.15) is 17.5 Å². The lowest BCUT2D eigenvalue weighted by atomic mass is 9.92. The first-order chi connectivity index (χ1) is 16.4. The lowest BCUT2D eigenvalue weighted by Crippen LogP contribution is -2.40. The molecule has 0 saturated carbocycles. The summed E-state index contributed by atoms with van der Waals surface area (Å²) in [5.74, 6) is -2.10. The van der Waals surface area contributed by atoms with E-state index in [0.717, 1.165) is 22.9 Å². The number of benzene rings is 3. The monoisotopic (exact) mass is 499 g/mol. The Bertz CT molecular complexity index is 1560. The van der Waals surface area contributed by atoms with Gasteiger partial charge in [-0.25, -0.2) is 31.4 Å². The highest BCUT2D eigenvalue weighted by Crippen LogP contribution is 2.32. The number of aromatic nitrogens is 2. The minimum atomic E-state index is -3.93. The van der Waals surface area contributed by atoms with Gasteiger partial charge in [-0.05, 0) is 66.9 Å². The summed E-state index contributed by atoms with van der Waals surface area (Å²) < 4.78 is 65.8. The second kappa shape index (κ2) is 8.79. The van der Waals surface area contributed by atoms with Crippen LogP contribution in [-0.2, 0) is 15.6 Å². The van der Waals surface area contributed by atoms with Crippen molar-refractivity contribution in [2.24, 2.45) is 5.14 Å². The quantitative estimate of drug-likeness (QED) is 0.440. The third-order valence-corrected chi connectivity index (χ3v) is 6.63. The Morgan fingerprint density at radius 1 is 0.829 bits per heavy atom. The summed E-state index contributed by atoms with van der Waals surface area (Å²) in [6.07, 6.45) is 1.39. The molecule has 0 aliphatic rings. The molecule has 35 heavy (non-hydrogen) atoms. The first-order valence-corrected chi connectivity index (χ1v) is 11.9. The number of sulfonamides is 1. The number of hydrogen-bond donors (Lipinski definition) is 1. The fraction of sp³-hybridized carbons (Fsp3) is 0.120. The molecule has 0 saturated heterocycles. The summed E-state index contributed by atoms with van der Waals surface area (Å²) >= 11 is 0. The number of halogens is 3. The van der Waals surface area contributed by atoms with E-state index in [1.807, 2.05) is 0 Å². The predicted molar refractivity (Wildman–Crippen MR) is 125 cm³/mol. The molecule has 0 spiro atoms. The van der Waals surface area contributed by atoms with E-state index in [-0.39, 0.29) is 16.0 Å². The van der Waals surface area contributed by atoms with Crippen LogP contribution in [-0.4, -0.2) is 18.2 Å². The van der Waals surface area contributed by atoms with Crippen LogP contribution in [0.5, 0.6) is 0 Å². The number of nitrogens with zero attached hydrogens (tertiary/aromatic N) is 2. The van der Waals surface area contributed by atoms with Gasteiger partial charge < -0.3 is 0 Å². The predicted octanol–water partition coefficient (Wildman–Crippen LogP) is 4.43. The Morgan fingerprint density at radius 3 is 1.91 bits per heavy atom. The van der Waals surface area contributed by atoms with E-state index in [1.54, 1.807) is 13.8 Å². The number of nitrogens with two attached hydrogens (primary N) is 1. The molecule has 4 rings (SSSR count). The standard InChI is InChI=1S/C25H20F3N3O3S/c1-25(2,17-11-19(27)13-20(28)12-17)31-24(32)23(16-3-7-18(26)8-4-16)22(14-30-31)15-5-9-21(10-6-15)35(29,33)34/h3-14H,1-2H3,(H2,29,33,34). The maximum atomic E-state index is 13.9. The minimum Gasteiger partial charge on any atom is -0.267 e. The van der Waals surface area contributed by atoms with Gasteiger partial charge >= 0.3 is 0 Å². The van der Waals surface area contributed by atoms with E-state index < -0.39 is 38.6 Å². The third-order valence-electron chi connectivity index (χ3n) is 5.70. The summed E-state index contributed by atoms with van der Waals surface area (Å²) in [7, 11) is -3.93. The average Bonchev–Trinajstić information content (AvgIpc) is 2.78. The van der Waals surface area contributed by atoms with Crippen molar-refractivity contribution in [3.63, 3.8) is 0 Å². The van der Waals surface area contributed by atoms with Gasteiger partial charge in [0.15, 0.2) is 0 Å². The first-order valence-electron chi connectivity index (χ1n) is 10.4. The molecule has 0 atom stereocenters. The molecule has 2 N–H and O–H groups in total. The maximum Gasteiger partial charge on any atom is 0.276 e. The van der Waals surface area contributed by atoms with Gasteiger partial charge in [-0.1, -0.05) is 24.3 Å². The zero-order chi connectivity index (χ0) is 25.5. The number of hydrogen-bond acceptors (Lipinski definition) is 4. The smallest absolute Gasteiger partial charge is 0.267 e. The summed E-state index contributed by atoms with van der Waals surface area (Å²) in [6, 6.07) is 13.7. The van der Waals surface area contributed by atoms with Crippen molar-refractivity contribution in [2.75, 3.05) is 0 Å². The third kappa shape index (κ3) is 4.75. The molecule has 1 heterocycles. The highest BCUT2D eigenvalue weighted by Gasteiger charge is 2.29. The van der Waals surface area contributed by atoms with Crippen molar-refractivity contribution in [1.29, 1.82) is 0 Å². The molecule has 10 heteroatoms. The van der Waals surface area contributed by atoms with Crippen molar-refractivity contribution >= 4 is 10.0 Å². The van der Waals surface area contributed by atoms with Gasteiger partial charge in [-0.15, -0.1) is 0 Å². The second-order valence-corrected chi connectivity index (χ2v) is 10.0. The zero-order valence-corrected chi connectivity index (χ0v) is 19.5. The summed E-state index contributed by atoms with van der Waals surface area (Å²) in [6.45, 7) is 3.18. The highest BCUT2D eigenvalue weighted by molar-refractivity contribution is 7.89. The molecule has 0 unspecified atom stereocenters. The van der Waals surface area contributed by atoms with Crippen molar-refractivity contribution in [3.8, 4) is 22.3 Å². The Labute approximate surface area is 199 Å². The van der Waals surface area contributed by atoms with Crippen LogP contribution in [0.2, 0.25) is 0 Å². The van der Waals surface area contributed by atoms with Crippen molar-refractivity contribution in [1.82, 2.24) is 9.78 Å². The van der Waals surface area contributed by atoms with Gasteiger partial charge in [0.25, 0.3) is 5.56 Å². The Kier molecular flexibility index (Phi) is 6.12. The van der Waals surface area contributed by atoms with Crippen LogP contribution in [0.15, 0.2) is 82.6 Å². The molecular weight excluding hydrogens is 479 g/mol. The van der Waals surface area contributed by atoms with Crippen LogP contribution in [0.1, 0.15) is 19.4 Å². The van der Waals surface area contributed by atoms with E-state index in [4.69, 9.17) is 5.14 Å². The normalized spacial score (nSPS) is 12.1. The zero-order valence-electron chi connectivity index (χ0n) is 18.7. The lowest BCUT2D eigenvalue weighted by molar-refractivity contribution is 0.368. The summed E-state index contributed by atoms with van der Waals surface area (Å²) in [5.41, 5.74) is -0.347. The molecule has 6 nitrogen and oxygen atoms in total. The van der Waals surface area contributed by atoms with Crippen LogP contribution in [0.4, 0.5) is 13.2 Å². The van der Waals surface area contributed by atoms with E-state index >= 15 is 0 Å². The van der Waals surface area contributed by atoms with Crippen LogP contribution in [0.3, 0.4) is 0 Å². The fourth-order valence-corrected chi connectivity index (χ4v) is 4.34. The van der Waals surface area contributed by atoms with Gasteiger partial charge in [0, 0.05) is 11.6 Å². The Balaban J connectivity index is 1.97. The molecular formula is C25H20F3N3O3S. The molecule has 0 amide bonds. The molecule has 0 fully saturated rings. The number of rotatable bonds is 5. The van der Waals surface area contributed by atoms with E-state index in [9.17, 15) is 26.4 Å². The summed E-state index contributed by atoms with van der Waals surface area (Å²) in [5, 5.41) is 9.45. The molecule has 1 aromatic heterocycles. The maximum absolute atomic E-state index is 13.9. The van der Waals surface area contributed by atoms with Gasteiger partial charge in [0.2, 0.25) is 10.0 Å². The van der Waals surface area contributed by atoms with E-state index in [1.165, 1.54) is 54.7 Å². The molecule has 180 valence electrons. The van der Waals surface area contributed by atoms with E-state index in [2.05, 4.69) is 5.10 Å². The molecule has 0 aliphatic heterocycles. The van der Waals surface area contributed by atoms with Crippen LogP contribution in [0.25, 0.3) is 22.3 Å². The van der Waals surface area contributed by atoms with Gasteiger partial charge in [0.05, 0.1) is 22.2 Å². The lowest BCUT2D eigenvalue weighted by Gasteiger charge is -2.28. The van der Waals surface area contributed by atoms with Crippen LogP contribution in [0, 0.1) is 17.5 Å². The van der Waals surface area contributed by atoms with Gasteiger partial charge in [-0.2, -0.15) is 5.10 Å². The van der Waals surface area contributed by atoms with E-state index in [0.29, 0.717) is 16.7 Å². The topological polar surface area (TPSA) is 95.1 Å². The Morgan fingerprint density at radius 2 is 1.37 bits per heavy atom. The second-order valence-electron chi connectivity index (χ2n) is 8.44. The minimum absolute atomic E-state index is 0.111. The van der Waals surface area contributed by atoms with Crippen molar-refractivity contribution < 1.29 is 21.6 Å². The fourth-order valence-electron chi connectivity index (χ4n) is 3.82. The molecule has 0 aliphatic carbocycles. The molecule has 4 aromatic rings. The Hall–Kier alpha value is -3.76. The largest absolute Gasteiger partial charge is 0.276 e. The van der Waals surface area contributed by atoms with Crippen LogP contribution < -0.4 is 10.7 Å². The molecule has 0 bridgehead atoms.